The molecule has 0 amide bonds. The highest BCUT2D eigenvalue weighted by molar-refractivity contribution is 5.43. The number of nitro groups is 1. The number of nitrogens with two attached hydrogens (primary N) is 1. The second kappa shape index (κ2) is 3.48. The van der Waals surface area contributed by atoms with Crippen molar-refractivity contribution in [1.82, 2.24) is 0 Å². The molecule has 1 aliphatic rings. The van der Waals surface area contributed by atoms with Crippen LogP contribution in [0.25, 0.3) is 0 Å². The van der Waals surface area contributed by atoms with Crippen LogP contribution < -0.4 is 5.73 Å². The van der Waals surface area contributed by atoms with E-state index in [4.69, 9.17) is 5.73 Å². The average molecular weight is 228 g/mol. The highest BCUT2D eigenvalue weighted by Crippen LogP contribution is 2.48. The second-order valence-corrected chi connectivity index (χ2v) is 4.03. The maximum absolute atomic E-state index is 13.2. The molecule has 0 saturated heterocycles. The Hall–Kier alpha value is -1.56. The molecule has 0 radical (unpaired) electrons. The molecule has 1 saturated carbocycles. The third-order valence-electron chi connectivity index (χ3n) is 3.06. The second-order valence-electron chi connectivity index (χ2n) is 4.03. The topological polar surface area (TPSA) is 69.2 Å². The minimum Gasteiger partial charge on any atom is -0.330 e. The first-order chi connectivity index (χ1) is 7.50. The molecule has 0 unspecified atom stereocenters. The van der Waals surface area contributed by atoms with Crippen LogP contribution in [0.1, 0.15) is 18.4 Å². The molecule has 6 heteroatoms. The van der Waals surface area contributed by atoms with Crippen molar-refractivity contribution in [2.24, 2.45) is 5.73 Å². The van der Waals surface area contributed by atoms with E-state index in [9.17, 15) is 18.9 Å². The minimum atomic E-state index is -1.42. The normalized spacial score (nSPS) is 17.2. The van der Waals surface area contributed by atoms with E-state index in [1.54, 1.807) is 0 Å². The van der Waals surface area contributed by atoms with Crippen LogP contribution in [-0.4, -0.2) is 11.5 Å². The highest BCUT2D eigenvalue weighted by Gasteiger charge is 2.44. The van der Waals surface area contributed by atoms with E-state index < -0.39 is 22.2 Å². The maximum Gasteiger partial charge on any atom is 0.308 e. The smallest absolute Gasteiger partial charge is 0.308 e. The molecule has 0 aromatic heterocycles. The summed E-state index contributed by atoms with van der Waals surface area (Å²) in [5.41, 5.74) is 4.73. The number of hydrogen-bond acceptors (Lipinski definition) is 3. The molecule has 1 aromatic carbocycles. The summed E-state index contributed by atoms with van der Waals surface area (Å²) in [7, 11) is 0. The van der Waals surface area contributed by atoms with E-state index in [0.29, 0.717) is 5.56 Å². The zero-order valence-electron chi connectivity index (χ0n) is 8.37. The Morgan fingerprint density at radius 2 is 2.06 bits per heavy atom. The zero-order valence-corrected chi connectivity index (χ0v) is 8.37. The van der Waals surface area contributed by atoms with Gasteiger partial charge in [0.05, 0.1) is 4.92 Å². The van der Waals surface area contributed by atoms with Gasteiger partial charge in [0, 0.05) is 18.0 Å². The molecule has 4 nitrogen and oxygen atoms in total. The van der Waals surface area contributed by atoms with Gasteiger partial charge >= 0.3 is 5.69 Å². The number of halogens is 2. The summed E-state index contributed by atoms with van der Waals surface area (Å²) in [6.07, 6.45) is 1.51. The number of benzene rings is 1. The summed E-state index contributed by atoms with van der Waals surface area (Å²) in [6.45, 7) is 0.287. The summed E-state index contributed by atoms with van der Waals surface area (Å²) < 4.78 is 26.3. The molecule has 1 fully saturated rings. The highest BCUT2D eigenvalue weighted by atomic mass is 19.2. The van der Waals surface area contributed by atoms with Crippen LogP contribution in [0.5, 0.6) is 0 Å². The van der Waals surface area contributed by atoms with Crippen molar-refractivity contribution in [2.75, 3.05) is 6.54 Å². The van der Waals surface area contributed by atoms with Crippen molar-refractivity contribution in [3.05, 3.63) is 39.4 Å². The van der Waals surface area contributed by atoms with Gasteiger partial charge in [-0.05, 0) is 24.5 Å². The van der Waals surface area contributed by atoms with E-state index in [1.807, 2.05) is 0 Å². The Balaban J connectivity index is 2.53. The number of rotatable bonds is 3. The Morgan fingerprint density at radius 3 is 2.50 bits per heavy atom. The summed E-state index contributed by atoms with van der Waals surface area (Å²) in [5.74, 6) is -2.61. The van der Waals surface area contributed by atoms with Crippen LogP contribution in [-0.2, 0) is 5.41 Å². The van der Waals surface area contributed by atoms with Gasteiger partial charge in [-0.25, -0.2) is 4.39 Å². The molecule has 0 aliphatic heterocycles. The Kier molecular flexibility index (Phi) is 2.38. The van der Waals surface area contributed by atoms with Crippen LogP contribution >= 0.6 is 0 Å². The van der Waals surface area contributed by atoms with Crippen LogP contribution in [0.4, 0.5) is 14.5 Å². The van der Waals surface area contributed by atoms with E-state index in [0.717, 1.165) is 25.0 Å². The monoisotopic (exact) mass is 228 g/mol. The molecule has 0 spiro atoms. The fraction of sp³-hybridized carbons (Fsp3) is 0.400. The number of hydrogen-bond donors (Lipinski definition) is 1. The van der Waals surface area contributed by atoms with Crippen LogP contribution in [0, 0.1) is 21.7 Å². The van der Waals surface area contributed by atoms with Gasteiger partial charge < -0.3 is 5.73 Å². The van der Waals surface area contributed by atoms with Gasteiger partial charge in [0.1, 0.15) is 0 Å². The van der Waals surface area contributed by atoms with Crippen LogP contribution in [0.2, 0.25) is 0 Å². The first-order valence-corrected chi connectivity index (χ1v) is 4.84. The molecular weight excluding hydrogens is 218 g/mol. The number of nitro benzene ring substituents is 1. The first-order valence-electron chi connectivity index (χ1n) is 4.84. The van der Waals surface area contributed by atoms with Gasteiger partial charge in [0.15, 0.2) is 5.82 Å². The van der Waals surface area contributed by atoms with E-state index in [1.165, 1.54) is 0 Å². The molecular formula is C10H10F2N2O2. The fourth-order valence-electron chi connectivity index (χ4n) is 1.78. The molecule has 2 rings (SSSR count). The molecule has 2 N–H and O–H groups in total. The lowest BCUT2D eigenvalue weighted by Gasteiger charge is -2.12. The molecule has 1 aromatic rings. The van der Waals surface area contributed by atoms with Crippen LogP contribution in [0.3, 0.4) is 0 Å². The maximum atomic E-state index is 13.2. The van der Waals surface area contributed by atoms with Gasteiger partial charge in [0.2, 0.25) is 5.82 Å². The standard InChI is InChI=1S/C10H10F2N2O2/c11-7-3-6(10(5-13)1-2-10)4-8(9(7)12)14(15)16/h3-4H,1-2,5,13H2. The summed E-state index contributed by atoms with van der Waals surface area (Å²) in [6, 6.07) is 2.08. The van der Waals surface area contributed by atoms with Crippen molar-refractivity contribution in [3.8, 4) is 0 Å². The Labute approximate surface area is 90.2 Å². The van der Waals surface area contributed by atoms with Crippen molar-refractivity contribution < 1.29 is 13.7 Å². The van der Waals surface area contributed by atoms with Crippen molar-refractivity contribution >= 4 is 5.69 Å². The molecule has 0 bridgehead atoms. The minimum absolute atomic E-state index is 0.287. The first kappa shape index (κ1) is 10.9. The third kappa shape index (κ3) is 1.55. The van der Waals surface area contributed by atoms with E-state index >= 15 is 0 Å². The summed E-state index contributed by atoms with van der Waals surface area (Å²) in [5, 5.41) is 10.5. The molecule has 0 atom stereocenters. The SMILES string of the molecule is NCC1(c2cc(F)c(F)c([N+](=O)[O-])c2)CC1. The van der Waals surface area contributed by atoms with Gasteiger partial charge in [-0.1, -0.05) is 0 Å². The van der Waals surface area contributed by atoms with Crippen molar-refractivity contribution in [1.29, 1.82) is 0 Å². The van der Waals surface area contributed by atoms with Crippen molar-refractivity contribution in [2.45, 2.75) is 18.3 Å². The lowest BCUT2D eigenvalue weighted by atomic mass is 9.95. The number of nitrogens with zero attached hydrogens (tertiary/aromatic N) is 1. The predicted octanol–water partition coefficient (Wildman–Crippen LogP) is 1.86. The van der Waals surface area contributed by atoms with Crippen LogP contribution in [0.15, 0.2) is 12.1 Å². The molecule has 1 aliphatic carbocycles. The fourth-order valence-corrected chi connectivity index (χ4v) is 1.78. The predicted molar refractivity (Wildman–Crippen MR) is 53.0 cm³/mol. The lowest BCUT2D eigenvalue weighted by molar-refractivity contribution is -0.387. The largest absolute Gasteiger partial charge is 0.330 e. The summed E-state index contributed by atoms with van der Waals surface area (Å²) >= 11 is 0. The Morgan fingerprint density at radius 1 is 1.44 bits per heavy atom. The van der Waals surface area contributed by atoms with Crippen molar-refractivity contribution in [3.63, 3.8) is 0 Å². The summed E-state index contributed by atoms with van der Waals surface area (Å²) in [4.78, 5) is 9.61. The lowest BCUT2D eigenvalue weighted by Crippen LogP contribution is -2.20. The van der Waals surface area contributed by atoms with Gasteiger partial charge in [-0.3, -0.25) is 10.1 Å². The average Bonchev–Trinajstić information content (AvgIpc) is 3.02. The zero-order chi connectivity index (χ0) is 11.9. The quantitative estimate of drug-likeness (QED) is 0.634. The molecule has 0 heterocycles. The van der Waals surface area contributed by atoms with Gasteiger partial charge in [-0.2, -0.15) is 4.39 Å². The van der Waals surface area contributed by atoms with E-state index in [2.05, 4.69) is 0 Å². The van der Waals surface area contributed by atoms with Gasteiger partial charge in [0.25, 0.3) is 0 Å². The Bertz CT molecular complexity index is 458. The third-order valence-corrected chi connectivity index (χ3v) is 3.06. The van der Waals surface area contributed by atoms with E-state index in [-0.39, 0.29) is 12.0 Å². The van der Waals surface area contributed by atoms with Gasteiger partial charge in [-0.15, -0.1) is 0 Å². The molecule has 86 valence electrons. The molecule has 16 heavy (non-hydrogen) atoms.